The molecule has 0 aromatic heterocycles. The molecule has 4 heteroatoms. The maximum atomic E-state index is 13.2. The van der Waals surface area contributed by atoms with Crippen LogP contribution in [0.1, 0.15) is 40.9 Å². The number of hydrogen-bond donors (Lipinski definition) is 0. The van der Waals surface area contributed by atoms with Crippen molar-refractivity contribution in [3.8, 4) is 11.5 Å². The summed E-state index contributed by atoms with van der Waals surface area (Å²) in [4.78, 5) is 13.2. The molecule has 0 amide bonds. The fraction of sp³-hybridized carbons (Fsp3) is 0.250. The van der Waals surface area contributed by atoms with Crippen molar-refractivity contribution in [2.75, 3.05) is 13.7 Å². The Bertz CT molecular complexity index is 1040. The van der Waals surface area contributed by atoms with Gasteiger partial charge in [0.2, 0.25) is 0 Å². The van der Waals surface area contributed by atoms with E-state index in [2.05, 4.69) is 12.1 Å². The molecule has 3 aromatic rings. The van der Waals surface area contributed by atoms with Gasteiger partial charge in [-0.25, -0.2) is 4.79 Å². The first-order valence-electron chi connectivity index (χ1n) is 10.8. The molecule has 4 nitrogen and oxygen atoms in total. The molecule has 0 aliphatic heterocycles. The summed E-state index contributed by atoms with van der Waals surface area (Å²) in [5, 5.41) is 0. The molecule has 3 rings (SSSR count). The highest BCUT2D eigenvalue weighted by atomic mass is 16.5. The van der Waals surface area contributed by atoms with E-state index >= 15 is 0 Å². The van der Waals surface area contributed by atoms with Gasteiger partial charge in [0.25, 0.3) is 0 Å². The monoisotopic (exact) mass is 430 g/mol. The molecule has 0 aliphatic carbocycles. The normalized spacial score (nSPS) is 10.3. The van der Waals surface area contributed by atoms with Gasteiger partial charge in [0.05, 0.1) is 7.11 Å². The van der Waals surface area contributed by atoms with Crippen molar-refractivity contribution in [1.82, 2.24) is 0 Å². The van der Waals surface area contributed by atoms with E-state index < -0.39 is 5.97 Å². The number of rotatable bonds is 10. The zero-order chi connectivity index (χ0) is 22.8. The lowest BCUT2D eigenvalue weighted by Gasteiger charge is -2.17. The molecular formula is C28H30O4. The Morgan fingerprint density at radius 2 is 1.53 bits per heavy atom. The van der Waals surface area contributed by atoms with Gasteiger partial charge in [-0.15, -0.1) is 0 Å². The minimum absolute atomic E-state index is 0.206. The second-order valence-electron chi connectivity index (χ2n) is 7.80. The van der Waals surface area contributed by atoms with Crippen LogP contribution >= 0.6 is 0 Å². The number of hydrogen-bond acceptors (Lipinski definition) is 4. The molecule has 32 heavy (non-hydrogen) atoms. The summed E-state index contributed by atoms with van der Waals surface area (Å²) in [5.74, 6) is 0.731. The van der Waals surface area contributed by atoms with Crippen LogP contribution in [0.15, 0.2) is 84.4 Å². The quantitative estimate of drug-likeness (QED) is 0.284. The number of aryl methyl sites for hydroxylation is 2. The van der Waals surface area contributed by atoms with E-state index in [0.29, 0.717) is 30.1 Å². The Hall–Kier alpha value is -3.53. The number of methoxy groups -OCH3 is 1. The van der Waals surface area contributed by atoms with Crippen LogP contribution in [0.25, 0.3) is 0 Å². The zero-order valence-electron chi connectivity index (χ0n) is 19.0. The maximum absolute atomic E-state index is 13.2. The van der Waals surface area contributed by atoms with Crippen molar-refractivity contribution in [2.24, 2.45) is 0 Å². The Morgan fingerprint density at radius 1 is 0.875 bits per heavy atom. The predicted octanol–water partition coefficient (Wildman–Crippen LogP) is 6.18. The molecule has 3 aromatic carbocycles. The molecule has 0 heterocycles. The van der Waals surface area contributed by atoms with Crippen LogP contribution in [0.3, 0.4) is 0 Å². The summed E-state index contributed by atoms with van der Waals surface area (Å²) in [5.41, 5.74) is 4.59. The second-order valence-corrected chi connectivity index (χ2v) is 7.80. The topological polar surface area (TPSA) is 44.8 Å². The minimum atomic E-state index is -0.397. The van der Waals surface area contributed by atoms with Crippen LogP contribution < -0.4 is 9.47 Å². The lowest BCUT2D eigenvalue weighted by molar-refractivity contribution is 0.0467. The molecule has 0 radical (unpaired) electrons. The highest BCUT2D eigenvalue weighted by Crippen LogP contribution is 2.31. The molecule has 0 spiro atoms. The van der Waals surface area contributed by atoms with Crippen LogP contribution in [-0.4, -0.2) is 19.7 Å². The highest BCUT2D eigenvalue weighted by Gasteiger charge is 2.21. The molecule has 166 valence electrons. The number of benzene rings is 3. The van der Waals surface area contributed by atoms with Gasteiger partial charge in [0, 0.05) is 6.07 Å². The van der Waals surface area contributed by atoms with Crippen LogP contribution in [0.4, 0.5) is 0 Å². The Balaban J connectivity index is 1.90. The van der Waals surface area contributed by atoms with Crippen LogP contribution in [-0.2, 0) is 24.2 Å². The Labute approximate surface area is 190 Å². The average molecular weight is 431 g/mol. The van der Waals surface area contributed by atoms with Crippen molar-refractivity contribution >= 4 is 5.97 Å². The largest absolute Gasteiger partial charge is 0.497 e. The van der Waals surface area contributed by atoms with E-state index in [-0.39, 0.29) is 6.61 Å². The number of allylic oxidation sites excluding steroid dienone is 1. The van der Waals surface area contributed by atoms with E-state index in [1.807, 2.05) is 74.5 Å². The molecule has 0 saturated heterocycles. The van der Waals surface area contributed by atoms with Crippen LogP contribution in [0.5, 0.6) is 11.5 Å². The van der Waals surface area contributed by atoms with E-state index in [1.54, 1.807) is 13.2 Å². The molecule has 0 atom stereocenters. The Kier molecular flexibility index (Phi) is 8.50. The number of ether oxygens (including phenoxy) is 3. The van der Waals surface area contributed by atoms with Crippen molar-refractivity contribution in [3.05, 3.63) is 107 Å². The number of carbonyl (C=O) groups is 1. The van der Waals surface area contributed by atoms with Gasteiger partial charge in [-0.1, -0.05) is 66.2 Å². The lowest BCUT2D eigenvalue weighted by Crippen LogP contribution is -2.13. The molecule has 0 fully saturated rings. The highest BCUT2D eigenvalue weighted by molar-refractivity contribution is 5.94. The molecular weight excluding hydrogens is 400 g/mol. The summed E-state index contributed by atoms with van der Waals surface area (Å²) in [7, 11) is 1.61. The van der Waals surface area contributed by atoms with Crippen molar-refractivity contribution < 1.29 is 19.0 Å². The summed E-state index contributed by atoms with van der Waals surface area (Å²) in [6.45, 7) is 4.59. The third-order valence-electron chi connectivity index (χ3n) is 5.07. The van der Waals surface area contributed by atoms with E-state index in [1.165, 1.54) is 5.56 Å². The van der Waals surface area contributed by atoms with Gasteiger partial charge in [-0.2, -0.15) is 0 Å². The summed E-state index contributed by atoms with van der Waals surface area (Å²) in [6.07, 6.45) is 3.43. The fourth-order valence-corrected chi connectivity index (χ4v) is 3.32. The average Bonchev–Trinajstić information content (AvgIpc) is 2.82. The minimum Gasteiger partial charge on any atom is -0.497 e. The van der Waals surface area contributed by atoms with Gasteiger partial charge >= 0.3 is 5.97 Å². The summed E-state index contributed by atoms with van der Waals surface area (Å²) >= 11 is 0. The van der Waals surface area contributed by atoms with Gasteiger partial charge in [0.15, 0.2) is 0 Å². The second kappa shape index (κ2) is 11.8. The number of carbonyl (C=O) groups excluding carboxylic acids is 1. The Morgan fingerprint density at radius 3 is 2.16 bits per heavy atom. The van der Waals surface area contributed by atoms with Gasteiger partial charge in [-0.05, 0) is 55.5 Å². The van der Waals surface area contributed by atoms with Gasteiger partial charge < -0.3 is 14.2 Å². The molecule has 0 unspecified atom stereocenters. The number of esters is 1. The molecule has 0 N–H and O–H groups in total. The zero-order valence-corrected chi connectivity index (χ0v) is 19.0. The predicted molar refractivity (Wildman–Crippen MR) is 127 cm³/mol. The van der Waals surface area contributed by atoms with Crippen LogP contribution in [0, 0.1) is 0 Å². The summed E-state index contributed by atoms with van der Waals surface area (Å²) in [6, 6.07) is 23.5. The summed E-state index contributed by atoms with van der Waals surface area (Å²) < 4.78 is 17.2. The van der Waals surface area contributed by atoms with E-state index in [0.717, 1.165) is 23.1 Å². The van der Waals surface area contributed by atoms with E-state index in [9.17, 15) is 4.79 Å². The first-order valence-corrected chi connectivity index (χ1v) is 10.8. The first-order chi connectivity index (χ1) is 15.6. The van der Waals surface area contributed by atoms with Gasteiger partial charge in [-0.3, -0.25) is 0 Å². The van der Waals surface area contributed by atoms with Gasteiger partial charge in [0.1, 0.15) is 30.3 Å². The third-order valence-corrected chi connectivity index (χ3v) is 5.07. The third kappa shape index (κ3) is 6.74. The van der Waals surface area contributed by atoms with Crippen molar-refractivity contribution in [3.63, 3.8) is 0 Å². The fourth-order valence-electron chi connectivity index (χ4n) is 3.32. The molecule has 0 aliphatic rings. The van der Waals surface area contributed by atoms with Crippen LogP contribution in [0.2, 0.25) is 0 Å². The molecule has 0 bridgehead atoms. The van der Waals surface area contributed by atoms with Crippen molar-refractivity contribution in [2.45, 2.75) is 33.3 Å². The SMILES string of the molecule is COc1cc(CCc2ccccc2)c(C(=O)OCc2ccccc2)c(OCC=C(C)C)c1. The molecule has 0 saturated carbocycles. The standard InChI is InChI=1S/C28H30O4/c1-21(2)16-17-31-26-19-25(30-3)18-24(15-14-22-10-6-4-7-11-22)27(26)28(29)32-20-23-12-8-5-9-13-23/h4-13,16,18-19H,14-15,17,20H2,1-3H3. The maximum Gasteiger partial charge on any atom is 0.342 e. The smallest absolute Gasteiger partial charge is 0.342 e. The first kappa shape index (κ1) is 23.1. The van der Waals surface area contributed by atoms with E-state index in [4.69, 9.17) is 14.2 Å². The van der Waals surface area contributed by atoms with Crippen molar-refractivity contribution in [1.29, 1.82) is 0 Å². The lowest BCUT2D eigenvalue weighted by atomic mass is 9.98.